The molecule has 0 unspecified atom stereocenters. The zero-order valence-corrected chi connectivity index (χ0v) is 16.9. The van der Waals surface area contributed by atoms with Crippen molar-refractivity contribution in [2.45, 2.75) is 19.9 Å². The number of rotatable bonds is 4. The largest absolute Gasteiger partial charge is 0.348 e. The van der Waals surface area contributed by atoms with Crippen molar-refractivity contribution in [2.75, 3.05) is 11.4 Å². The van der Waals surface area contributed by atoms with Gasteiger partial charge >= 0.3 is 0 Å². The van der Waals surface area contributed by atoms with E-state index in [-0.39, 0.29) is 11.8 Å². The molecule has 4 nitrogen and oxygen atoms in total. The first-order valence-electron chi connectivity index (χ1n) is 9.56. The highest BCUT2D eigenvalue weighted by Gasteiger charge is 2.25. The number of benzene rings is 3. The molecule has 4 rings (SSSR count). The Morgan fingerprint density at radius 1 is 1.03 bits per heavy atom. The quantitative estimate of drug-likeness (QED) is 0.680. The number of hydrogen-bond acceptors (Lipinski definition) is 2. The predicted octanol–water partition coefficient (Wildman–Crippen LogP) is 4.78. The third-order valence-electron chi connectivity index (χ3n) is 5.15. The van der Waals surface area contributed by atoms with Crippen LogP contribution in [0.15, 0.2) is 66.7 Å². The van der Waals surface area contributed by atoms with Crippen LogP contribution in [-0.4, -0.2) is 18.4 Å². The number of nitrogens with one attached hydrogen (secondary N) is 1. The number of halogens is 1. The summed E-state index contributed by atoms with van der Waals surface area (Å²) in [6.07, 6.45) is 0.805. The summed E-state index contributed by atoms with van der Waals surface area (Å²) < 4.78 is 0. The number of carbonyl (C=O) groups excluding carboxylic acids is 2. The lowest BCUT2D eigenvalue weighted by Crippen LogP contribution is -2.28. The van der Waals surface area contributed by atoms with Gasteiger partial charge in [0, 0.05) is 24.3 Å². The molecule has 0 saturated carbocycles. The monoisotopic (exact) mass is 404 g/mol. The molecule has 3 aromatic rings. The molecule has 1 heterocycles. The van der Waals surface area contributed by atoms with Crippen molar-refractivity contribution in [3.63, 3.8) is 0 Å². The van der Waals surface area contributed by atoms with Crippen molar-refractivity contribution in [2.24, 2.45) is 0 Å². The maximum absolute atomic E-state index is 12.9. The van der Waals surface area contributed by atoms with Gasteiger partial charge in [0.1, 0.15) is 0 Å². The fourth-order valence-electron chi connectivity index (χ4n) is 3.55. The molecule has 2 amide bonds. The summed E-state index contributed by atoms with van der Waals surface area (Å²) in [6, 6.07) is 20.6. The maximum atomic E-state index is 12.9. The SMILES string of the molecule is Cc1ccc(C(=O)N2CCc3cc(CNC(=O)c4ccccc4Cl)ccc32)cc1. The van der Waals surface area contributed by atoms with Gasteiger partial charge in [0.05, 0.1) is 10.6 Å². The van der Waals surface area contributed by atoms with Gasteiger partial charge in [-0.2, -0.15) is 0 Å². The number of nitrogens with zero attached hydrogens (tertiary/aromatic N) is 1. The highest BCUT2D eigenvalue weighted by atomic mass is 35.5. The number of fused-ring (bicyclic) bond motifs is 1. The minimum Gasteiger partial charge on any atom is -0.348 e. The van der Waals surface area contributed by atoms with E-state index in [0.29, 0.717) is 29.2 Å². The topological polar surface area (TPSA) is 49.4 Å². The molecule has 29 heavy (non-hydrogen) atoms. The molecule has 0 fully saturated rings. The Morgan fingerprint density at radius 2 is 1.79 bits per heavy atom. The first-order valence-corrected chi connectivity index (χ1v) is 9.94. The maximum Gasteiger partial charge on any atom is 0.258 e. The Kier molecular flexibility index (Phi) is 5.36. The normalized spacial score (nSPS) is 12.6. The molecule has 1 N–H and O–H groups in total. The summed E-state index contributed by atoms with van der Waals surface area (Å²) in [5.41, 5.74) is 5.34. The summed E-state index contributed by atoms with van der Waals surface area (Å²) in [4.78, 5) is 27.0. The van der Waals surface area contributed by atoms with Crippen LogP contribution in [-0.2, 0) is 13.0 Å². The minimum atomic E-state index is -0.202. The third-order valence-corrected chi connectivity index (χ3v) is 5.48. The Bertz CT molecular complexity index is 1080. The Morgan fingerprint density at radius 3 is 2.55 bits per heavy atom. The number of hydrogen-bond donors (Lipinski definition) is 1. The van der Waals surface area contributed by atoms with Crippen LogP contribution in [0.1, 0.15) is 37.4 Å². The Hall–Kier alpha value is -3.11. The van der Waals surface area contributed by atoms with Crippen LogP contribution < -0.4 is 10.2 Å². The molecule has 0 aromatic heterocycles. The van der Waals surface area contributed by atoms with E-state index in [1.807, 2.05) is 48.2 Å². The van der Waals surface area contributed by atoms with E-state index >= 15 is 0 Å². The van der Waals surface area contributed by atoms with Crippen LogP contribution in [0.25, 0.3) is 0 Å². The van der Waals surface area contributed by atoms with Crippen LogP contribution in [0.3, 0.4) is 0 Å². The predicted molar refractivity (Wildman–Crippen MR) is 116 cm³/mol. The summed E-state index contributed by atoms with van der Waals surface area (Å²) in [5.74, 6) is -0.184. The van der Waals surface area contributed by atoms with Crippen molar-refractivity contribution < 1.29 is 9.59 Å². The van der Waals surface area contributed by atoms with E-state index in [1.54, 1.807) is 24.3 Å². The Labute approximate surface area is 175 Å². The fourth-order valence-corrected chi connectivity index (χ4v) is 3.77. The van der Waals surface area contributed by atoms with E-state index in [4.69, 9.17) is 11.6 Å². The molecule has 0 saturated heterocycles. The molecule has 1 aliphatic rings. The van der Waals surface area contributed by atoms with Crippen LogP contribution in [0, 0.1) is 6.92 Å². The van der Waals surface area contributed by atoms with Gasteiger partial charge in [0.2, 0.25) is 0 Å². The van der Waals surface area contributed by atoms with Gasteiger partial charge in [-0.1, -0.05) is 53.6 Å². The van der Waals surface area contributed by atoms with Gasteiger partial charge in [0.25, 0.3) is 11.8 Å². The van der Waals surface area contributed by atoms with Gasteiger partial charge in [-0.05, 0) is 54.8 Å². The molecular weight excluding hydrogens is 384 g/mol. The second-order valence-corrected chi connectivity index (χ2v) is 7.61. The molecule has 3 aromatic carbocycles. The Balaban J connectivity index is 1.46. The molecule has 1 aliphatic heterocycles. The average Bonchev–Trinajstić information content (AvgIpc) is 3.15. The number of amides is 2. The zero-order valence-electron chi connectivity index (χ0n) is 16.1. The van der Waals surface area contributed by atoms with Crippen LogP contribution in [0.4, 0.5) is 5.69 Å². The zero-order chi connectivity index (χ0) is 20.4. The lowest BCUT2D eigenvalue weighted by atomic mass is 10.1. The van der Waals surface area contributed by atoms with E-state index in [9.17, 15) is 9.59 Å². The highest BCUT2D eigenvalue weighted by Crippen LogP contribution is 2.30. The first kappa shape index (κ1) is 19.2. The van der Waals surface area contributed by atoms with Crippen LogP contribution in [0.5, 0.6) is 0 Å². The number of carbonyl (C=O) groups is 2. The van der Waals surface area contributed by atoms with Crippen molar-refractivity contribution in [3.05, 3.63) is 99.6 Å². The summed E-state index contributed by atoms with van der Waals surface area (Å²) in [6.45, 7) is 3.08. The molecular formula is C24H21ClN2O2. The molecule has 0 radical (unpaired) electrons. The lowest BCUT2D eigenvalue weighted by Gasteiger charge is -2.18. The molecule has 0 bridgehead atoms. The van der Waals surface area contributed by atoms with E-state index in [1.165, 1.54) is 0 Å². The molecule has 5 heteroatoms. The minimum absolute atomic E-state index is 0.0172. The van der Waals surface area contributed by atoms with E-state index in [0.717, 1.165) is 28.8 Å². The number of aryl methyl sites for hydroxylation is 1. The second-order valence-electron chi connectivity index (χ2n) is 7.20. The molecule has 0 atom stereocenters. The van der Waals surface area contributed by atoms with Gasteiger partial charge in [-0.15, -0.1) is 0 Å². The first-order chi connectivity index (χ1) is 14.0. The second kappa shape index (κ2) is 8.10. The smallest absolute Gasteiger partial charge is 0.258 e. The van der Waals surface area contributed by atoms with Gasteiger partial charge in [-0.3, -0.25) is 9.59 Å². The molecule has 146 valence electrons. The van der Waals surface area contributed by atoms with Crippen molar-refractivity contribution in [1.29, 1.82) is 0 Å². The number of anilines is 1. The van der Waals surface area contributed by atoms with Gasteiger partial charge < -0.3 is 10.2 Å². The lowest BCUT2D eigenvalue weighted by molar-refractivity contribution is 0.0949. The summed E-state index contributed by atoms with van der Waals surface area (Å²) >= 11 is 6.08. The highest BCUT2D eigenvalue weighted by molar-refractivity contribution is 6.33. The average molecular weight is 405 g/mol. The standard InChI is InChI=1S/C24H21ClN2O2/c1-16-6-9-18(10-7-16)24(29)27-13-12-19-14-17(8-11-22(19)27)15-26-23(28)20-4-2-3-5-21(20)25/h2-11,14H,12-13,15H2,1H3,(H,26,28). The molecule has 0 aliphatic carbocycles. The van der Waals surface area contributed by atoms with E-state index in [2.05, 4.69) is 11.4 Å². The van der Waals surface area contributed by atoms with Crippen molar-refractivity contribution in [1.82, 2.24) is 5.32 Å². The van der Waals surface area contributed by atoms with Crippen molar-refractivity contribution in [3.8, 4) is 0 Å². The van der Waals surface area contributed by atoms with E-state index < -0.39 is 0 Å². The fraction of sp³-hybridized carbons (Fsp3) is 0.167. The molecule has 0 spiro atoms. The van der Waals surface area contributed by atoms with Gasteiger partial charge in [0.15, 0.2) is 0 Å². The van der Waals surface area contributed by atoms with Crippen molar-refractivity contribution >= 4 is 29.1 Å². The summed E-state index contributed by atoms with van der Waals surface area (Å²) in [7, 11) is 0. The summed E-state index contributed by atoms with van der Waals surface area (Å²) in [5, 5.41) is 3.34. The van der Waals surface area contributed by atoms with Gasteiger partial charge in [-0.25, -0.2) is 0 Å². The third kappa shape index (κ3) is 4.03. The van der Waals surface area contributed by atoms with Crippen LogP contribution >= 0.6 is 11.6 Å². The van der Waals surface area contributed by atoms with Crippen LogP contribution in [0.2, 0.25) is 5.02 Å².